The molecule has 0 aliphatic heterocycles. The van der Waals surface area contributed by atoms with Crippen molar-refractivity contribution in [1.29, 1.82) is 0 Å². The maximum absolute atomic E-state index is 12.3. The molecule has 0 aromatic rings. The monoisotopic (exact) mass is 298 g/mol. The average molecular weight is 298 g/mol. The Hall–Kier alpha value is -1.79. The number of aliphatic imine (C=N–C) groups is 1. The summed E-state index contributed by atoms with van der Waals surface area (Å²) in [6.45, 7) is 1.96. The van der Waals surface area contributed by atoms with Gasteiger partial charge in [0.2, 0.25) is 5.96 Å². The van der Waals surface area contributed by atoms with Crippen molar-refractivity contribution in [3.8, 4) is 0 Å². The van der Waals surface area contributed by atoms with Crippen LogP contribution >= 0.6 is 0 Å². The van der Waals surface area contributed by atoms with Crippen molar-refractivity contribution < 1.29 is 14.3 Å². The molecule has 1 saturated carbocycles. The molecule has 0 atom stereocenters. The second-order valence-electron chi connectivity index (χ2n) is 5.35. The van der Waals surface area contributed by atoms with Crippen LogP contribution in [0.4, 0.5) is 9.59 Å². The van der Waals surface area contributed by atoms with Crippen LogP contribution in [0.5, 0.6) is 0 Å². The van der Waals surface area contributed by atoms with Gasteiger partial charge in [-0.2, -0.15) is 0 Å². The number of guanidine groups is 1. The Morgan fingerprint density at radius 2 is 1.81 bits per heavy atom. The van der Waals surface area contributed by atoms with Crippen molar-refractivity contribution >= 4 is 18.1 Å². The normalized spacial score (nSPS) is 16.3. The van der Waals surface area contributed by atoms with Crippen molar-refractivity contribution in [2.45, 2.75) is 45.1 Å². The summed E-state index contributed by atoms with van der Waals surface area (Å²) in [4.78, 5) is 30.5. The molecule has 1 fully saturated rings. The molecule has 1 aliphatic carbocycles. The van der Waals surface area contributed by atoms with Crippen LogP contribution in [-0.4, -0.2) is 61.7 Å². The predicted octanol–water partition coefficient (Wildman–Crippen LogP) is 2.03. The summed E-state index contributed by atoms with van der Waals surface area (Å²) >= 11 is 0. The molecule has 0 saturated heterocycles. The molecule has 7 nitrogen and oxygen atoms in total. The summed E-state index contributed by atoms with van der Waals surface area (Å²) in [5.74, 6) is 0.252. The zero-order chi connectivity index (χ0) is 15.8. The van der Waals surface area contributed by atoms with Gasteiger partial charge in [-0.05, 0) is 19.8 Å². The van der Waals surface area contributed by atoms with E-state index < -0.39 is 6.09 Å². The summed E-state index contributed by atoms with van der Waals surface area (Å²) in [5.41, 5.74) is 0. The van der Waals surface area contributed by atoms with Gasteiger partial charge in [-0.1, -0.05) is 19.3 Å². The molecule has 0 heterocycles. The molecule has 3 amide bonds. The van der Waals surface area contributed by atoms with Gasteiger partial charge in [0.25, 0.3) is 0 Å². The molecule has 120 valence electrons. The van der Waals surface area contributed by atoms with Gasteiger partial charge in [-0.15, -0.1) is 4.99 Å². The molecule has 1 aliphatic rings. The first-order valence-corrected chi connectivity index (χ1v) is 7.42. The zero-order valence-electron chi connectivity index (χ0n) is 13.4. The van der Waals surface area contributed by atoms with Crippen LogP contribution in [-0.2, 0) is 4.74 Å². The van der Waals surface area contributed by atoms with Crippen molar-refractivity contribution in [1.82, 2.24) is 15.1 Å². The van der Waals surface area contributed by atoms with Crippen LogP contribution in [0, 0.1) is 0 Å². The number of carbonyl (C=O) groups is 2. The molecule has 1 rings (SSSR count). The highest BCUT2D eigenvalue weighted by molar-refractivity contribution is 5.99. The number of nitrogens with zero attached hydrogens (tertiary/aromatic N) is 3. The van der Waals surface area contributed by atoms with Gasteiger partial charge >= 0.3 is 12.1 Å². The van der Waals surface area contributed by atoms with E-state index in [0.717, 1.165) is 25.7 Å². The first-order chi connectivity index (χ1) is 9.95. The number of urea groups is 1. The molecule has 0 spiro atoms. The largest absolute Gasteiger partial charge is 0.448 e. The third-order valence-corrected chi connectivity index (χ3v) is 3.40. The molecule has 0 unspecified atom stereocenters. The Balaban J connectivity index is 2.68. The second kappa shape index (κ2) is 8.49. The van der Waals surface area contributed by atoms with Crippen LogP contribution < -0.4 is 5.32 Å². The van der Waals surface area contributed by atoms with E-state index >= 15 is 0 Å². The van der Waals surface area contributed by atoms with Crippen LogP contribution in [0.2, 0.25) is 0 Å². The molecule has 0 aromatic carbocycles. The summed E-state index contributed by atoms with van der Waals surface area (Å²) in [6, 6.07) is -0.0432. The molecule has 0 aromatic heterocycles. The quantitative estimate of drug-likeness (QED) is 0.625. The summed E-state index contributed by atoms with van der Waals surface area (Å²) in [5, 5.41) is 2.99. The Bertz CT molecular complexity index is 390. The van der Waals surface area contributed by atoms with Crippen LogP contribution in [0.3, 0.4) is 0 Å². The van der Waals surface area contributed by atoms with Crippen LogP contribution in [0.1, 0.15) is 39.0 Å². The van der Waals surface area contributed by atoms with Gasteiger partial charge in [-0.25, -0.2) is 9.59 Å². The molecular formula is C14H26N4O3. The lowest BCUT2D eigenvalue weighted by Gasteiger charge is -2.28. The van der Waals surface area contributed by atoms with E-state index in [1.807, 2.05) is 0 Å². The minimum absolute atomic E-state index is 0.208. The first-order valence-electron chi connectivity index (χ1n) is 7.42. The Labute approximate surface area is 126 Å². The van der Waals surface area contributed by atoms with Gasteiger partial charge in [0.1, 0.15) is 0 Å². The molecule has 7 heteroatoms. The second-order valence-corrected chi connectivity index (χ2v) is 5.35. The highest BCUT2D eigenvalue weighted by Crippen LogP contribution is 2.17. The molecule has 0 radical (unpaired) electrons. The predicted molar refractivity (Wildman–Crippen MR) is 81.3 cm³/mol. The minimum Gasteiger partial charge on any atom is -0.448 e. The van der Waals surface area contributed by atoms with E-state index in [1.165, 1.54) is 11.3 Å². The highest BCUT2D eigenvalue weighted by atomic mass is 16.5. The average Bonchev–Trinajstić information content (AvgIpc) is 2.45. The fraction of sp³-hybridized carbons (Fsp3) is 0.786. The fourth-order valence-electron chi connectivity index (χ4n) is 2.32. The van der Waals surface area contributed by atoms with E-state index in [2.05, 4.69) is 10.3 Å². The number of carbonyl (C=O) groups excluding carboxylic acids is 2. The van der Waals surface area contributed by atoms with E-state index in [-0.39, 0.29) is 24.6 Å². The van der Waals surface area contributed by atoms with Crippen molar-refractivity contribution in [3.05, 3.63) is 0 Å². The first kappa shape index (κ1) is 17.3. The van der Waals surface area contributed by atoms with E-state index in [1.54, 1.807) is 33.0 Å². The standard InChI is InChI=1S/C14H26N4O3/c1-5-21-14(20)16-12(17(2)3)18(4)13(19)15-11-9-7-6-8-10-11/h11H,5-10H2,1-4H3,(H,15,19)/b16-12-. The number of ether oxygens (including phenoxy) is 1. The van der Waals surface area contributed by atoms with Crippen molar-refractivity contribution in [3.63, 3.8) is 0 Å². The lowest BCUT2D eigenvalue weighted by atomic mass is 9.96. The topological polar surface area (TPSA) is 74.2 Å². The van der Waals surface area contributed by atoms with Crippen LogP contribution in [0.15, 0.2) is 4.99 Å². The van der Waals surface area contributed by atoms with Gasteiger partial charge in [-0.3, -0.25) is 4.90 Å². The smallest absolute Gasteiger partial charge is 0.436 e. The minimum atomic E-state index is -0.696. The fourth-order valence-corrected chi connectivity index (χ4v) is 2.32. The third kappa shape index (κ3) is 5.61. The summed E-state index contributed by atoms with van der Waals surface area (Å²) in [6.07, 6.45) is 4.84. The molecular weight excluding hydrogens is 272 g/mol. The van der Waals surface area contributed by atoms with E-state index in [4.69, 9.17) is 4.74 Å². The molecule has 1 N–H and O–H groups in total. The summed E-state index contributed by atoms with van der Waals surface area (Å²) in [7, 11) is 5.04. The third-order valence-electron chi connectivity index (χ3n) is 3.40. The Morgan fingerprint density at radius 1 is 1.19 bits per heavy atom. The number of nitrogens with one attached hydrogen (secondary N) is 1. The number of hydrogen-bond donors (Lipinski definition) is 1. The summed E-state index contributed by atoms with van der Waals surface area (Å²) < 4.78 is 4.79. The maximum Gasteiger partial charge on any atom is 0.436 e. The molecule has 21 heavy (non-hydrogen) atoms. The van der Waals surface area contributed by atoms with Crippen molar-refractivity contribution in [2.24, 2.45) is 4.99 Å². The van der Waals surface area contributed by atoms with Crippen molar-refractivity contribution in [2.75, 3.05) is 27.7 Å². The highest BCUT2D eigenvalue weighted by Gasteiger charge is 2.22. The number of rotatable bonds is 2. The van der Waals surface area contributed by atoms with Crippen LogP contribution in [0.25, 0.3) is 0 Å². The lowest BCUT2D eigenvalue weighted by Crippen LogP contribution is -2.50. The Kier molecular flexibility index (Phi) is 6.98. The lowest BCUT2D eigenvalue weighted by molar-refractivity contribution is 0.162. The number of hydrogen-bond acceptors (Lipinski definition) is 3. The van der Waals surface area contributed by atoms with E-state index in [0.29, 0.717) is 0 Å². The molecule has 0 bridgehead atoms. The van der Waals surface area contributed by atoms with Gasteiger partial charge < -0.3 is 15.0 Å². The van der Waals surface area contributed by atoms with Gasteiger partial charge in [0.05, 0.1) is 6.61 Å². The van der Waals surface area contributed by atoms with Gasteiger partial charge in [0, 0.05) is 27.2 Å². The number of amides is 3. The van der Waals surface area contributed by atoms with Gasteiger partial charge in [0.15, 0.2) is 0 Å². The Morgan fingerprint density at radius 3 is 2.33 bits per heavy atom. The van der Waals surface area contributed by atoms with E-state index in [9.17, 15) is 9.59 Å². The maximum atomic E-state index is 12.3. The zero-order valence-corrected chi connectivity index (χ0v) is 13.4. The SMILES string of the molecule is CCOC(=O)/N=C(/N(C)C)N(C)C(=O)NC1CCCCC1.